The first-order valence-electron chi connectivity index (χ1n) is 7.09. The molecule has 0 aromatic heterocycles. The van der Waals surface area contributed by atoms with Gasteiger partial charge in [-0.1, -0.05) is 12.1 Å². The number of carboxylic acid groups (broad SMARTS) is 1. The fraction of sp³-hybridized carbons (Fsp3) is 0.533. The van der Waals surface area contributed by atoms with E-state index in [-0.39, 0.29) is 10.9 Å². The van der Waals surface area contributed by atoms with E-state index in [4.69, 9.17) is 0 Å². The molecule has 0 bridgehead atoms. The molecule has 0 saturated carbocycles. The number of nitrogens with zero attached hydrogens (tertiary/aromatic N) is 1. The van der Waals surface area contributed by atoms with Gasteiger partial charge in [0.2, 0.25) is 0 Å². The van der Waals surface area contributed by atoms with E-state index < -0.39 is 27.0 Å². The molecular weight excluding hydrogens is 290 g/mol. The third-order valence-electron chi connectivity index (χ3n) is 4.17. The highest BCUT2D eigenvalue weighted by Crippen LogP contribution is 2.35. The highest BCUT2D eigenvalue weighted by molar-refractivity contribution is 7.92. The van der Waals surface area contributed by atoms with E-state index in [9.17, 15) is 18.3 Å². The molecule has 1 fully saturated rings. The summed E-state index contributed by atoms with van der Waals surface area (Å²) in [5.74, 6) is -1.28. The average Bonchev–Trinajstić information content (AvgIpc) is 2.80. The Hall–Kier alpha value is -1.56. The van der Waals surface area contributed by atoms with Crippen LogP contribution in [0.25, 0.3) is 0 Å². The van der Waals surface area contributed by atoms with Crippen LogP contribution >= 0.6 is 0 Å². The maximum atomic E-state index is 12.5. The molecule has 0 unspecified atom stereocenters. The lowest BCUT2D eigenvalue weighted by atomic mass is 10.0. The summed E-state index contributed by atoms with van der Waals surface area (Å²) < 4.78 is 25.0. The first-order chi connectivity index (χ1) is 9.76. The van der Waals surface area contributed by atoms with Crippen molar-refractivity contribution in [3.63, 3.8) is 0 Å². The topological polar surface area (TPSA) is 74.7 Å². The van der Waals surface area contributed by atoms with Gasteiger partial charge in [-0.25, -0.2) is 8.42 Å². The van der Waals surface area contributed by atoms with Crippen molar-refractivity contribution < 1.29 is 18.3 Å². The number of carbonyl (C=O) groups is 1. The second-order valence-corrected chi connectivity index (χ2v) is 8.20. The maximum Gasteiger partial charge on any atom is 0.308 e. The summed E-state index contributed by atoms with van der Waals surface area (Å²) in [6.45, 7) is 5.70. The van der Waals surface area contributed by atoms with Crippen LogP contribution in [0.1, 0.15) is 27.2 Å². The van der Waals surface area contributed by atoms with E-state index in [1.807, 2.05) is 11.8 Å². The standard InChI is InChI=1S/C15H21NO4S/c1-10(2)21(19,20)14-7-5-4-6-13(14)16-9-8-12(11(16)3)15(17)18/h4-7,10-12H,8-9H2,1-3H3,(H,17,18)/t11-,12+/m0/s1. The van der Waals surface area contributed by atoms with E-state index in [0.29, 0.717) is 18.7 Å². The lowest BCUT2D eigenvalue weighted by Crippen LogP contribution is -2.34. The van der Waals surface area contributed by atoms with Gasteiger partial charge in [0.15, 0.2) is 9.84 Å². The Morgan fingerprint density at radius 1 is 1.33 bits per heavy atom. The van der Waals surface area contributed by atoms with E-state index >= 15 is 0 Å². The van der Waals surface area contributed by atoms with E-state index in [1.54, 1.807) is 38.1 Å². The first-order valence-corrected chi connectivity index (χ1v) is 8.63. The molecule has 1 aliphatic heterocycles. The summed E-state index contributed by atoms with van der Waals surface area (Å²) in [5, 5.41) is 8.71. The van der Waals surface area contributed by atoms with Crippen molar-refractivity contribution in [2.75, 3.05) is 11.4 Å². The maximum absolute atomic E-state index is 12.5. The number of benzene rings is 1. The first kappa shape index (κ1) is 15.8. The summed E-state index contributed by atoms with van der Waals surface area (Å²) >= 11 is 0. The number of anilines is 1. The minimum atomic E-state index is -3.40. The van der Waals surface area contributed by atoms with Crippen molar-refractivity contribution in [2.45, 2.75) is 43.4 Å². The van der Waals surface area contributed by atoms with Gasteiger partial charge in [-0.15, -0.1) is 0 Å². The molecule has 0 aliphatic carbocycles. The van der Waals surface area contributed by atoms with Crippen molar-refractivity contribution in [2.24, 2.45) is 5.92 Å². The minimum absolute atomic E-state index is 0.217. The molecule has 1 aliphatic rings. The SMILES string of the molecule is CC(C)S(=O)(=O)c1ccccc1N1CC[C@@H](C(=O)O)[C@@H]1C. The molecular formula is C15H21NO4S. The predicted molar refractivity (Wildman–Crippen MR) is 81.3 cm³/mol. The normalized spacial score (nSPS) is 22.8. The molecule has 21 heavy (non-hydrogen) atoms. The second kappa shape index (κ2) is 5.67. The zero-order chi connectivity index (χ0) is 15.8. The lowest BCUT2D eigenvalue weighted by Gasteiger charge is -2.28. The Balaban J connectivity index is 2.45. The van der Waals surface area contributed by atoms with E-state index in [0.717, 1.165) is 0 Å². The zero-order valence-corrected chi connectivity index (χ0v) is 13.3. The molecule has 1 aromatic carbocycles. The number of rotatable bonds is 4. The molecule has 2 atom stereocenters. The fourth-order valence-corrected chi connectivity index (χ4v) is 4.05. The highest BCUT2D eigenvalue weighted by Gasteiger charge is 2.37. The van der Waals surface area contributed by atoms with Gasteiger partial charge >= 0.3 is 5.97 Å². The van der Waals surface area contributed by atoms with Gasteiger partial charge in [-0.3, -0.25) is 4.79 Å². The summed E-state index contributed by atoms with van der Waals surface area (Å²) in [5.41, 5.74) is 0.613. The van der Waals surface area contributed by atoms with Crippen molar-refractivity contribution in [1.29, 1.82) is 0 Å². The van der Waals surface area contributed by atoms with Crippen LogP contribution in [0.5, 0.6) is 0 Å². The molecule has 1 N–H and O–H groups in total. The van der Waals surface area contributed by atoms with Gasteiger partial charge in [0.1, 0.15) is 0 Å². The Kier molecular flexibility index (Phi) is 4.27. The van der Waals surface area contributed by atoms with Crippen LogP contribution in [0.4, 0.5) is 5.69 Å². The molecule has 0 spiro atoms. The molecule has 6 heteroatoms. The number of para-hydroxylation sites is 1. The largest absolute Gasteiger partial charge is 0.481 e. The van der Waals surface area contributed by atoms with Gasteiger partial charge in [-0.05, 0) is 39.3 Å². The van der Waals surface area contributed by atoms with Crippen LogP contribution in [0.15, 0.2) is 29.2 Å². The summed E-state index contributed by atoms with van der Waals surface area (Å²) in [7, 11) is -3.40. The van der Waals surface area contributed by atoms with Crippen LogP contribution < -0.4 is 4.90 Å². The number of sulfone groups is 1. The van der Waals surface area contributed by atoms with Crippen molar-refractivity contribution in [3.05, 3.63) is 24.3 Å². The molecule has 116 valence electrons. The minimum Gasteiger partial charge on any atom is -0.481 e. The highest BCUT2D eigenvalue weighted by atomic mass is 32.2. The summed E-state index contributed by atoms with van der Waals surface area (Å²) in [6, 6.07) is 6.64. The van der Waals surface area contributed by atoms with Crippen LogP contribution in [-0.4, -0.2) is 37.3 Å². The fourth-order valence-electron chi connectivity index (χ4n) is 2.80. The van der Waals surface area contributed by atoms with Crippen molar-refractivity contribution in [3.8, 4) is 0 Å². The number of aliphatic carboxylic acids is 1. The third-order valence-corrected chi connectivity index (χ3v) is 6.37. The van der Waals surface area contributed by atoms with Crippen LogP contribution in [0.2, 0.25) is 0 Å². The number of hydrogen-bond acceptors (Lipinski definition) is 4. The van der Waals surface area contributed by atoms with Gasteiger partial charge < -0.3 is 10.0 Å². The van der Waals surface area contributed by atoms with Gasteiger partial charge in [0.25, 0.3) is 0 Å². The third kappa shape index (κ3) is 2.77. The quantitative estimate of drug-likeness (QED) is 0.922. The van der Waals surface area contributed by atoms with Gasteiger partial charge in [0.05, 0.1) is 21.8 Å². The number of carboxylic acids is 1. The van der Waals surface area contributed by atoms with Crippen molar-refractivity contribution >= 4 is 21.5 Å². The molecule has 5 nitrogen and oxygen atoms in total. The van der Waals surface area contributed by atoms with E-state index in [1.165, 1.54) is 0 Å². The van der Waals surface area contributed by atoms with Crippen LogP contribution in [0.3, 0.4) is 0 Å². The Labute approximate surface area is 125 Å². The molecule has 0 amide bonds. The molecule has 1 aromatic rings. The Morgan fingerprint density at radius 3 is 2.48 bits per heavy atom. The average molecular weight is 311 g/mol. The monoisotopic (exact) mass is 311 g/mol. The molecule has 1 heterocycles. The Bertz CT molecular complexity index is 639. The number of hydrogen-bond donors (Lipinski definition) is 1. The summed E-state index contributed by atoms with van der Waals surface area (Å²) in [4.78, 5) is 13.4. The van der Waals surface area contributed by atoms with Gasteiger partial charge in [0, 0.05) is 12.6 Å². The lowest BCUT2D eigenvalue weighted by molar-refractivity contribution is -0.141. The summed E-state index contributed by atoms with van der Waals surface area (Å²) in [6.07, 6.45) is 0.534. The Morgan fingerprint density at radius 2 is 1.95 bits per heavy atom. The van der Waals surface area contributed by atoms with Crippen molar-refractivity contribution in [1.82, 2.24) is 0 Å². The zero-order valence-electron chi connectivity index (χ0n) is 12.5. The van der Waals surface area contributed by atoms with Gasteiger partial charge in [-0.2, -0.15) is 0 Å². The molecule has 1 saturated heterocycles. The van der Waals surface area contributed by atoms with Crippen LogP contribution in [-0.2, 0) is 14.6 Å². The molecule has 2 rings (SSSR count). The second-order valence-electron chi connectivity index (χ2n) is 5.73. The van der Waals surface area contributed by atoms with E-state index in [2.05, 4.69) is 0 Å². The predicted octanol–water partition coefficient (Wildman–Crippen LogP) is 2.17. The molecule has 0 radical (unpaired) electrons. The van der Waals surface area contributed by atoms with Crippen LogP contribution in [0, 0.1) is 5.92 Å². The smallest absolute Gasteiger partial charge is 0.308 e.